The second kappa shape index (κ2) is 8.53. The van der Waals surface area contributed by atoms with Crippen molar-refractivity contribution in [2.75, 3.05) is 11.9 Å². The van der Waals surface area contributed by atoms with Crippen molar-refractivity contribution in [3.63, 3.8) is 0 Å². The van der Waals surface area contributed by atoms with Crippen molar-refractivity contribution in [3.8, 4) is 5.75 Å². The SMILES string of the molecule is C=CCN1C(=O)C(Nc2cccc(Cl)c2C)=C(c2ccc(OC(C)C)cc2)C1=O. The smallest absolute Gasteiger partial charge is 0.278 e. The maximum absolute atomic E-state index is 13.0. The van der Waals surface area contributed by atoms with E-state index < -0.39 is 5.91 Å². The lowest BCUT2D eigenvalue weighted by molar-refractivity contribution is -0.136. The standard InChI is InChI=1S/C23H23ClN2O3/c1-5-13-26-22(27)20(16-9-11-17(12-10-16)29-14(2)3)21(23(26)28)25-19-8-6-7-18(24)15(19)4/h5-12,14,25H,1,13H2,2-4H3. The molecule has 29 heavy (non-hydrogen) atoms. The molecule has 6 heteroatoms. The summed E-state index contributed by atoms with van der Waals surface area (Å²) in [6.07, 6.45) is 1.57. The highest BCUT2D eigenvalue weighted by molar-refractivity contribution is 6.36. The molecule has 2 aromatic carbocycles. The minimum Gasteiger partial charge on any atom is -0.491 e. The van der Waals surface area contributed by atoms with Gasteiger partial charge < -0.3 is 10.1 Å². The van der Waals surface area contributed by atoms with Crippen LogP contribution in [0.3, 0.4) is 0 Å². The maximum Gasteiger partial charge on any atom is 0.278 e. The third-order valence-corrected chi connectivity index (χ3v) is 4.93. The number of anilines is 1. The molecule has 0 radical (unpaired) electrons. The van der Waals surface area contributed by atoms with Crippen LogP contribution in [-0.2, 0) is 9.59 Å². The summed E-state index contributed by atoms with van der Waals surface area (Å²) in [6.45, 7) is 9.52. The Morgan fingerprint density at radius 3 is 2.45 bits per heavy atom. The number of ether oxygens (including phenoxy) is 1. The van der Waals surface area contributed by atoms with Crippen LogP contribution < -0.4 is 10.1 Å². The van der Waals surface area contributed by atoms with E-state index in [-0.39, 0.29) is 24.3 Å². The number of hydrogen-bond acceptors (Lipinski definition) is 4. The van der Waals surface area contributed by atoms with Gasteiger partial charge in [0, 0.05) is 17.3 Å². The first-order valence-corrected chi connectivity index (χ1v) is 9.72. The van der Waals surface area contributed by atoms with Gasteiger partial charge >= 0.3 is 0 Å². The summed E-state index contributed by atoms with van der Waals surface area (Å²) in [7, 11) is 0. The molecule has 2 aromatic rings. The Labute approximate surface area is 175 Å². The van der Waals surface area contributed by atoms with Crippen LogP contribution in [0.15, 0.2) is 60.8 Å². The number of carbonyl (C=O) groups excluding carboxylic acids is 2. The van der Waals surface area contributed by atoms with Crippen molar-refractivity contribution < 1.29 is 14.3 Å². The van der Waals surface area contributed by atoms with Crippen LogP contribution in [0, 0.1) is 6.92 Å². The van der Waals surface area contributed by atoms with Crippen molar-refractivity contribution in [3.05, 3.63) is 77.0 Å². The van der Waals surface area contributed by atoms with E-state index in [1.807, 2.05) is 26.8 Å². The lowest BCUT2D eigenvalue weighted by atomic mass is 10.0. The highest BCUT2D eigenvalue weighted by Gasteiger charge is 2.38. The molecular formula is C23H23ClN2O3. The molecular weight excluding hydrogens is 388 g/mol. The van der Waals surface area contributed by atoms with E-state index in [1.165, 1.54) is 11.0 Å². The number of halogens is 1. The Balaban J connectivity index is 2.06. The van der Waals surface area contributed by atoms with E-state index in [4.69, 9.17) is 16.3 Å². The predicted molar refractivity (Wildman–Crippen MR) is 116 cm³/mol. The van der Waals surface area contributed by atoms with Gasteiger partial charge in [-0.3, -0.25) is 14.5 Å². The molecule has 0 bridgehead atoms. The van der Waals surface area contributed by atoms with Gasteiger partial charge in [0.05, 0.1) is 11.7 Å². The number of hydrogen-bond donors (Lipinski definition) is 1. The summed E-state index contributed by atoms with van der Waals surface area (Å²) in [4.78, 5) is 27.2. The number of rotatable bonds is 7. The van der Waals surface area contributed by atoms with Crippen LogP contribution in [0.25, 0.3) is 5.57 Å². The Bertz CT molecular complexity index is 994. The molecule has 0 fully saturated rings. The van der Waals surface area contributed by atoms with Crippen LogP contribution in [0.5, 0.6) is 5.75 Å². The van der Waals surface area contributed by atoms with E-state index in [9.17, 15) is 9.59 Å². The van der Waals surface area contributed by atoms with E-state index in [0.29, 0.717) is 27.6 Å². The topological polar surface area (TPSA) is 58.6 Å². The van der Waals surface area contributed by atoms with E-state index in [1.54, 1.807) is 36.4 Å². The molecule has 3 rings (SSSR count). The molecule has 0 saturated carbocycles. The Morgan fingerprint density at radius 2 is 1.83 bits per heavy atom. The van der Waals surface area contributed by atoms with Gasteiger partial charge in [-0.05, 0) is 56.2 Å². The van der Waals surface area contributed by atoms with Gasteiger partial charge in [-0.25, -0.2) is 0 Å². The average Bonchev–Trinajstić information content (AvgIpc) is 2.90. The lowest BCUT2D eigenvalue weighted by Gasteiger charge is -2.13. The van der Waals surface area contributed by atoms with E-state index >= 15 is 0 Å². The zero-order valence-corrected chi connectivity index (χ0v) is 17.4. The van der Waals surface area contributed by atoms with Crippen molar-refractivity contribution in [2.45, 2.75) is 26.9 Å². The molecule has 0 unspecified atom stereocenters. The molecule has 0 spiro atoms. The van der Waals surface area contributed by atoms with Crippen molar-refractivity contribution in [2.24, 2.45) is 0 Å². The van der Waals surface area contributed by atoms with Gasteiger partial charge in [0.15, 0.2) is 0 Å². The molecule has 1 aliphatic heterocycles. The minimum absolute atomic E-state index is 0.0425. The summed E-state index contributed by atoms with van der Waals surface area (Å²) in [5.41, 5.74) is 2.63. The highest BCUT2D eigenvalue weighted by Crippen LogP contribution is 2.33. The quantitative estimate of drug-likeness (QED) is 0.525. The summed E-state index contributed by atoms with van der Waals surface area (Å²) < 4.78 is 5.67. The second-order valence-corrected chi connectivity index (χ2v) is 7.40. The van der Waals surface area contributed by atoms with Gasteiger partial charge in [-0.2, -0.15) is 0 Å². The average molecular weight is 411 g/mol. The third kappa shape index (κ3) is 4.20. The highest BCUT2D eigenvalue weighted by atomic mass is 35.5. The summed E-state index contributed by atoms with van der Waals surface area (Å²) in [5.74, 6) is -0.0642. The Kier molecular flexibility index (Phi) is 6.09. The molecule has 0 aliphatic carbocycles. The first-order chi connectivity index (χ1) is 13.8. The van der Waals surface area contributed by atoms with Crippen LogP contribution in [0.4, 0.5) is 5.69 Å². The third-order valence-electron chi connectivity index (χ3n) is 4.52. The molecule has 5 nitrogen and oxygen atoms in total. The molecule has 1 heterocycles. The number of carbonyl (C=O) groups is 2. The van der Waals surface area contributed by atoms with Crippen molar-refractivity contribution in [1.29, 1.82) is 0 Å². The van der Waals surface area contributed by atoms with E-state index in [0.717, 1.165) is 5.56 Å². The van der Waals surface area contributed by atoms with Gasteiger partial charge in [-0.1, -0.05) is 35.9 Å². The van der Waals surface area contributed by atoms with Gasteiger partial charge in [-0.15, -0.1) is 6.58 Å². The molecule has 0 atom stereocenters. The minimum atomic E-state index is -0.396. The number of benzene rings is 2. The summed E-state index contributed by atoms with van der Waals surface area (Å²) in [6, 6.07) is 12.5. The molecule has 1 aliphatic rings. The summed E-state index contributed by atoms with van der Waals surface area (Å²) in [5, 5.41) is 3.71. The van der Waals surface area contributed by atoms with Crippen LogP contribution in [-0.4, -0.2) is 29.4 Å². The Morgan fingerprint density at radius 1 is 1.14 bits per heavy atom. The van der Waals surface area contributed by atoms with Gasteiger partial charge in [0.1, 0.15) is 11.4 Å². The molecule has 1 N–H and O–H groups in total. The van der Waals surface area contributed by atoms with Crippen LogP contribution >= 0.6 is 11.6 Å². The summed E-state index contributed by atoms with van der Waals surface area (Å²) >= 11 is 6.21. The zero-order valence-electron chi connectivity index (χ0n) is 16.7. The fraction of sp³-hybridized carbons (Fsp3) is 0.217. The van der Waals surface area contributed by atoms with Crippen LogP contribution in [0.1, 0.15) is 25.0 Å². The molecule has 0 saturated heterocycles. The fourth-order valence-corrected chi connectivity index (χ4v) is 3.28. The maximum atomic E-state index is 13.0. The van der Waals surface area contributed by atoms with Crippen LogP contribution in [0.2, 0.25) is 5.02 Å². The molecule has 0 aromatic heterocycles. The van der Waals surface area contributed by atoms with Crippen molar-refractivity contribution in [1.82, 2.24) is 4.90 Å². The van der Waals surface area contributed by atoms with E-state index in [2.05, 4.69) is 11.9 Å². The predicted octanol–water partition coefficient (Wildman–Crippen LogP) is 4.81. The zero-order chi connectivity index (χ0) is 21.1. The lowest BCUT2D eigenvalue weighted by Crippen LogP contribution is -2.32. The number of nitrogens with one attached hydrogen (secondary N) is 1. The first-order valence-electron chi connectivity index (χ1n) is 9.34. The van der Waals surface area contributed by atoms with Gasteiger partial charge in [0.25, 0.3) is 11.8 Å². The number of nitrogens with zero attached hydrogens (tertiary/aromatic N) is 1. The molecule has 150 valence electrons. The number of imide groups is 1. The fourth-order valence-electron chi connectivity index (χ4n) is 3.10. The normalized spacial score (nSPS) is 14.0. The monoisotopic (exact) mass is 410 g/mol. The van der Waals surface area contributed by atoms with Crippen molar-refractivity contribution >= 4 is 34.7 Å². The largest absolute Gasteiger partial charge is 0.491 e. The Hall–Kier alpha value is -3.05. The van der Waals surface area contributed by atoms with Gasteiger partial charge in [0.2, 0.25) is 0 Å². The second-order valence-electron chi connectivity index (χ2n) is 6.99. The first kappa shape index (κ1) is 20.7. The number of amides is 2. The molecule has 2 amide bonds.